The van der Waals surface area contributed by atoms with Crippen molar-refractivity contribution in [3.63, 3.8) is 0 Å². The van der Waals surface area contributed by atoms with E-state index in [0.717, 1.165) is 5.56 Å². The van der Waals surface area contributed by atoms with E-state index in [1.54, 1.807) is 19.2 Å². The summed E-state index contributed by atoms with van der Waals surface area (Å²) in [5.74, 6) is 0.121. The first-order chi connectivity index (χ1) is 7.04. The summed E-state index contributed by atoms with van der Waals surface area (Å²) < 4.78 is 5.01. The molecule has 0 radical (unpaired) electrons. The first-order valence-corrected chi connectivity index (χ1v) is 4.61. The highest BCUT2D eigenvalue weighted by Gasteiger charge is 2.11. The number of nitrogens with two attached hydrogens (primary N) is 1. The Balaban J connectivity index is 0.00000225. The van der Waals surface area contributed by atoms with Crippen LogP contribution in [0.15, 0.2) is 12.3 Å². The number of aromatic nitrogens is 1. The molecular weight excluding hydrogens is 230 g/mol. The van der Waals surface area contributed by atoms with Gasteiger partial charge in [-0.1, -0.05) is 0 Å². The molecule has 0 aromatic carbocycles. The molecule has 3 N–H and O–H groups in total. The molecule has 1 aromatic heterocycles. The molecule has 0 aliphatic heterocycles. The molecule has 6 heteroatoms. The van der Waals surface area contributed by atoms with Crippen molar-refractivity contribution in [1.82, 2.24) is 4.98 Å². The molecule has 0 saturated carbocycles. The molecule has 1 atom stereocenters. The van der Waals surface area contributed by atoms with Gasteiger partial charge in [0.25, 0.3) is 0 Å². The Bertz CT molecular complexity index is 369. The van der Waals surface area contributed by atoms with Gasteiger partial charge >= 0.3 is 0 Å². The molecule has 0 saturated heterocycles. The molecule has 1 heterocycles. The number of amides is 1. The molecule has 0 fully saturated rings. The highest BCUT2D eigenvalue weighted by Crippen LogP contribution is 2.21. The molecule has 0 bridgehead atoms. The zero-order valence-electron chi connectivity index (χ0n) is 9.48. The topological polar surface area (TPSA) is 77.2 Å². The van der Waals surface area contributed by atoms with Gasteiger partial charge in [0, 0.05) is 6.20 Å². The van der Waals surface area contributed by atoms with Crippen molar-refractivity contribution in [2.24, 2.45) is 5.73 Å². The van der Waals surface area contributed by atoms with E-state index < -0.39 is 6.04 Å². The number of aryl methyl sites for hydroxylation is 1. The highest BCUT2D eigenvalue weighted by atomic mass is 35.5. The van der Waals surface area contributed by atoms with E-state index in [-0.39, 0.29) is 18.3 Å². The minimum Gasteiger partial charge on any atom is -0.480 e. The summed E-state index contributed by atoms with van der Waals surface area (Å²) in [6.07, 6.45) is 1.67. The number of carbonyl (C=O) groups excluding carboxylic acids is 1. The molecule has 90 valence electrons. The Morgan fingerprint density at radius 3 is 2.75 bits per heavy atom. The van der Waals surface area contributed by atoms with E-state index >= 15 is 0 Å². The van der Waals surface area contributed by atoms with E-state index in [2.05, 4.69) is 10.3 Å². The number of hydrogen-bond acceptors (Lipinski definition) is 4. The summed E-state index contributed by atoms with van der Waals surface area (Å²) >= 11 is 0. The van der Waals surface area contributed by atoms with Crippen molar-refractivity contribution >= 4 is 24.0 Å². The van der Waals surface area contributed by atoms with Gasteiger partial charge in [-0.15, -0.1) is 12.4 Å². The molecule has 0 spiro atoms. The molecule has 0 aliphatic carbocycles. The average molecular weight is 246 g/mol. The number of nitrogens with one attached hydrogen (secondary N) is 1. The number of halogens is 1. The standard InChI is InChI=1S/C10H15N3O2.ClH/c1-6-4-8(10(15-3)12-5-6)13-9(14)7(2)11;/h4-5,7H,11H2,1-3H3,(H,13,14);1H. The van der Waals surface area contributed by atoms with Crippen molar-refractivity contribution in [3.8, 4) is 5.88 Å². The fraction of sp³-hybridized carbons (Fsp3) is 0.400. The smallest absolute Gasteiger partial charge is 0.241 e. The Hall–Kier alpha value is -1.33. The first-order valence-electron chi connectivity index (χ1n) is 4.61. The summed E-state index contributed by atoms with van der Waals surface area (Å²) in [7, 11) is 1.50. The Kier molecular flexibility index (Phi) is 5.77. The highest BCUT2D eigenvalue weighted by molar-refractivity contribution is 5.95. The minimum absolute atomic E-state index is 0. The van der Waals surface area contributed by atoms with E-state index in [0.29, 0.717) is 11.6 Å². The van der Waals surface area contributed by atoms with Crippen molar-refractivity contribution < 1.29 is 9.53 Å². The molecule has 1 unspecified atom stereocenters. The number of pyridine rings is 1. The second-order valence-corrected chi connectivity index (χ2v) is 3.35. The molecule has 16 heavy (non-hydrogen) atoms. The van der Waals surface area contributed by atoms with Crippen LogP contribution in [0.5, 0.6) is 5.88 Å². The van der Waals surface area contributed by atoms with Gasteiger partial charge in [-0.05, 0) is 25.5 Å². The van der Waals surface area contributed by atoms with Gasteiger partial charge in [-0.3, -0.25) is 4.79 Å². The summed E-state index contributed by atoms with van der Waals surface area (Å²) in [4.78, 5) is 15.4. The van der Waals surface area contributed by atoms with Crippen LogP contribution in [0.3, 0.4) is 0 Å². The quantitative estimate of drug-likeness (QED) is 0.836. The summed E-state index contributed by atoms with van der Waals surface area (Å²) in [6.45, 7) is 3.50. The van der Waals surface area contributed by atoms with E-state index in [1.807, 2.05) is 6.92 Å². The van der Waals surface area contributed by atoms with Gasteiger partial charge in [-0.25, -0.2) is 4.98 Å². The number of hydrogen-bond donors (Lipinski definition) is 2. The molecule has 1 aromatic rings. The number of nitrogens with zero attached hydrogens (tertiary/aromatic N) is 1. The SMILES string of the molecule is COc1ncc(C)cc1NC(=O)C(C)N.Cl. The van der Waals surface area contributed by atoms with Crippen LogP contribution in [-0.2, 0) is 4.79 Å². The van der Waals surface area contributed by atoms with Crippen LogP contribution < -0.4 is 15.8 Å². The molecule has 1 rings (SSSR count). The summed E-state index contributed by atoms with van der Waals surface area (Å²) in [6, 6.07) is 1.22. The number of rotatable bonds is 3. The lowest BCUT2D eigenvalue weighted by Gasteiger charge is -2.11. The minimum atomic E-state index is -0.560. The van der Waals surface area contributed by atoms with Crippen LogP contribution in [0.4, 0.5) is 5.69 Å². The fourth-order valence-electron chi connectivity index (χ4n) is 1.06. The van der Waals surface area contributed by atoms with Gasteiger partial charge < -0.3 is 15.8 Å². The molecule has 1 amide bonds. The third-order valence-electron chi connectivity index (χ3n) is 1.85. The van der Waals surface area contributed by atoms with Crippen molar-refractivity contribution in [2.45, 2.75) is 19.9 Å². The number of methoxy groups -OCH3 is 1. The van der Waals surface area contributed by atoms with Gasteiger partial charge in [0.1, 0.15) is 5.69 Å². The predicted octanol–water partition coefficient (Wildman–Crippen LogP) is 1.11. The van der Waals surface area contributed by atoms with Crippen molar-refractivity contribution in [1.29, 1.82) is 0 Å². The third kappa shape index (κ3) is 3.67. The Morgan fingerprint density at radius 1 is 1.62 bits per heavy atom. The van der Waals surface area contributed by atoms with Crippen LogP contribution in [0.1, 0.15) is 12.5 Å². The van der Waals surface area contributed by atoms with E-state index in [4.69, 9.17) is 10.5 Å². The lowest BCUT2D eigenvalue weighted by atomic mass is 10.2. The predicted molar refractivity (Wildman–Crippen MR) is 65.1 cm³/mol. The van der Waals surface area contributed by atoms with Gasteiger partial charge in [0.05, 0.1) is 13.2 Å². The molecular formula is C10H16ClN3O2. The number of carbonyl (C=O) groups is 1. The maximum atomic E-state index is 11.4. The second-order valence-electron chi connectivity index (χ2n) is 3.35. The van der Waals surface area contributed by atoms with E-state index in [1.165, 1.54) is 7.11 Å². The van der Waals surface area contributed by atoms with E-state index in [9.17, 15) is 4.79 Å². The zero-order valence-corrected chi connectivity index (χ0v) is 10.3. The largest absolute Gasteiger partial charge is 0.480 e. The third-order valence-corrected chi connectivity index (χ3v) is 1.85. The Labute approximate surface area is 101 Å². The maximum Gasteiger partial charge on any atom is 0.241 e. The summed E-state index contributed by atoms with van der Waals surface area (Å²) in [5, 5.41) is 2.65. The molecule has 5 nitrogen and oxygen atoms in total. The van der Waals surface area contributed by atoms with Gasteiger partial charge in [0.15, 0.2) is 0 Å². The fourth-order valence-corrected chi connectivity index (χ4v) is 1.06. The van der Waals surface area contributed by atoms with Crippen molar-refractivity contribution in [3.05, 3.63) is 17.8 Å². The average Bonchev–Trinajstić information content (AvgIpc) is 2.18. The summed E-state index contributed by atoms with van der Waals surface area (Å²) in [5.41, 5.74) is 6.92. The van der Waals surface area contributed by atoms with Gasteiger partial charge in [0.2, 0.25) is 11.8 Å². The van der Waals surface area contributed by atoms with Crippen LogP contribution in [-0.4, -0.2) is 24.0 Å². The zero-order chi connectivity index (χ0) is 11.4. The lowest BCUT2D eigenvalue weighted by Crippen LogP contribution is -2.32. The monoisotopic (exact) mass is 245 g/mol. The lowest BCUT2D eigenvalue weighted by molar-refractivity contribution is -0.117. The van der Waals surface area contributed by atoms with Crippen LogP contribution in [0.25, 0.3) is 0 Å². The maximum absolute atomic E-state index is 11.4. The van der Waals surface area contributed by atoms with Crippen molar-refractivity contribution in [2.75, 3.05) is 12.4 Å². The normalized spacial score (nSPS) is 11.2. The second kappa shape index (κ2) is 6.30. The van der Waals surface area contributed by atoms with Crippen LogP contribution >= 0.6 is 12.4 Å². The van der Waals surface area contributed by atoms with Crippen LogP contribution in [0, 0.1) is 6.92 Å². The van der Waals surface area contributed by atoms with Gasteiger partial charge in [-0.2, -0.15) is 0 Å². The molecule has 0 aliphatic rings. The number of ether oxygens (including phenoxy) is 1. The first kappa shape index (κ1) is 14.7. The number of anilines is 1. The van der Waals surface area contributed by atoms with Crippen LogP contribution in [0.2, 0.25) is 0 Å². The Morgan fingerprint density at radius 2 is 2.25 bits per heavy atom.